The maximum atomic E-state index is 4.25. The van der Waals surface area contributed by atoms with E-state index in [9.17, 15) is 0 Å². The van der Waals surface area contributed by atoms with E-state index in [-0.39, 0.29) is 0 Å². The van der Waals surface area contributed by atoms with Gasteiger partial charge in [-0.15, -0.1) is 0 Å². The van der Waals surface area contributed by atoms with E-state index in [2.05, 4.69) is 33.3 Å². The van der Waals surface area contributed by atoms with Crippen molar-refractivity contribution in [2.75, 3.05) is 0 Å². The number of imidazole rings is 1. The second kappa shape index (κ2) is 3.70. The summed E-state index contributed by atoms with van der Waals surface area (Å²) in [5.74, 6) is 0.858. The molecule has 0 aliphatic rings. The summed E-state index contributed by atoms with van der Waals surface area (Å²) in [6.45, 7) is 0. The lowest BCUT2D eigenvalue weighted by Crippen LogP contribution is -1.81. The number of aromatic amines is 2. The number of nitrogens with one attached hydrogen (secondary N) is 2. The number of rotatable bonds is 2. The van der Waals surface area contributed by atoms with Gasteiger partial charge in [-0.25, -0.2) is 4.98 Å². The average Bonchev–Trinajstić information content (AvgIpc) is 3.01. The second-order valence-corrected chi connectivity index (χ2v) is 3.51. The monoisotopic (exact) mass is 208 g/mol. The van der Waals surface area contributed by atoms with Crippen LogP contribution in [0.1, 0.15) is 0 Å². The topological polar surface area (TPSA) is 44.5 Å². The first-order valence-electron chi connectivity index (χ1n) is 5.09. The standard InChI is InChI=1S/C13H10N3/c1-2-4-10(5-3-1)11-8-14-9-12(11)13-15-6-7-16-13/h1-7,9,14H,(H,15,16). The summed E-state index contributed by atoms with van der Waals surface area (Å²) in [6.07, 6.45) is 8.59. The first kappa shape index (κ1) is 8.97. The van der Waals surface area contributed by atoms with Crippen molar-refractivity contribution in [3.63, 3.8) is 0 Å². The van der Waals surface area contributed by atoms with Crippen LogP contribution in [0.4, 0.5) is 0 Å². The van der Waals surface area contributed by atoms with Gasteiger partial charge in [0.05, 0.1) is 6.20 Å². The van der Waals surface area contributed by atoms with Gasteiger partial charge in [0.2, 0.25) is 0 Å². The Bertz CT molecular complexity index is 564. The molecule has 0 aliphatic carbocycles. The van der Waals surface area contributed by atoms with Crippen LogP contribution in [0.5, 0.6) is 0 Å². The van der Waals surface area contributed by atoms with Crippen LogP contribution in [-0.4, -0.2) is 15.0 Å². The van der Waals surface area contributed by atoms with E-state index < -0.39 is 0 Å². The van der Waals surface area contributed by atoms with Crippen LogP contribution in [0.2, 0.25) is 0 Å². The number of benzene rings is 1. The molecular weight excluding hydrogens is 198 g/mol. The predicted molar refractivity (Wildman–Crippen MR) is 62.6 cm³/mol. The molecule has 0 fully saturated rings. The molecule has 0 aliphatic heterocycles. The fourth-order valence-corrected chi connectivity index (χ4v) is 1.75. The molecule has 3 rings (SSSR count). The molecule has 3 nitrogen and oxygen atoms in total. The van der Waals surface area contributed by atoms with Crippen LogP contribution in [-0.2, 0) is 0 Å². The predicted octanol–water partition coefficient (Wildman–Crippen LogP) is 2.87. The molecule has 3 aromatic rings. The van der Waals surface area contributed by atoms with Crippen LogP contribution in [0.25, 0.3) is 22.5 Å². The van der Waals surface area contributed by atoms with Gasteiger partial charge in [-0.1, -0.05) is 30.3 Å². The Morgan fingerprint density at radius 1 is 1.12 bits per heavy atom. The molecule has 77 valence electrons. The highest BCUT2D eigenvalue weighted by molar-refractivity contribution is 5.79. The highest BCUT2D eigenvalue weighted by Crippen LogP contribution is 2.28. The van der Waals surface area contributed by atoms with E-state index in [1.165, 1.54) is 0 Å². The van der Waals surface area contributed by atoms with Gasteiger partial charge >= 0.3 is 0 Å². The van der Waals surface area contributed by atoms with Crippen LogP contribution >= 0.6 is 0 Å². The van der Waals surface area contributed by atoms with Crippen LogP contribution in [0, 0.1) is 6.20 Å². The summed E-state index contributed by atoms with van der Waals surface area (Å²) in [5.41, 5.74) is 3.21. The van der Waals surface area contributed by atoms with Gasteiger partial charge in [-0.3, -0.25) is 0 Å². The fraction of sp³-hybridized carbons (Fsp3) is 0. The number of hydrogen-bond donors (Lipinski definition) is 2. The minimum atomic E-state index is 0.858. The van der Waals surface area contributed by atoms with Crippen LogP contribution in [0.15, 0.2) is 48.9 Å². The molecule has 1 radical (unpaired) electrons. The Balaban J connectivity index is 2.14. The van der Waals surface area contributed by atoms with Gasteiger partial charge in [0.25, 0.3) is 0 Å². The van der Waals surface area contributed by atoms with E-state index in [1.807, 2.05) is 30.6 Å². The molecule has 2 heterocycles. The summed E-state index contributed by atoms with van der Waals surface area (Å²) in [6, 6.07) is 10.2. The molecule has 3 heteroatoms. The van der Waals surface area contributed by atoms with E-state index in [4.69, 9.17) is 0 Å². The van der Waals surface area contributed by atoms with Crippen molar-refractivity contribution in [1.29, 1.82) is 0 Å². The summed E-state index contributed by atoms with van der Waals surface area (Å²) >= 11 is 0. The first-order valence-corrected chi connectivity index (χ1v) is 5.09. The van der Waals surface area contributed by atoms with Gasteiger partial charge in [-0.05, 0) is 5.56 Å². The van der Waals surface area contributed by atoms with Crippen molar-refractivity contribution in [3.8, 4) is 22.5 Å². The Hall–Kier alpha value is -2.29. The smallest absolute Gasteiger partial charge is 0.139 e. The van der Waals surface area contributed by atoms with Gasteiger partial charge in [-0.2, -0.15) is 0 Å². The Labute approximate surface area is 93.2 Å². The summed E-state index contributed by atoms with van der Waals surface area (Å²) in [5, 5.41) is 0. The Morgan fingerprint density at radius 3 is 2.75 bits per heavy atom. The second-order valence-electron chi connectivity index (χ2n) is 3.51. The quantitative estimate of drug-likeness (QED) is 0.668. The van der Waals surface area contributed by atoms with Crippen molar-refractivity contribution < 1.29 is 0 Å². The summed E-state index contributed by atoms with van der Waals surface area (Å²) in [7, 11) is 0. The number of hydrogen-bond acceptors (Lipinski definition) is 1. The van der Waals surface area contributed by atoms with E-state index in [0.29, 0.717) is 0 Å². The Morgan fingerprint density at radius 2 is 2.00 bits per heavy atom. The zero-order valence-corrected chi connectivity index (χ0v) is 8.57. The minimum Gasteiger partial charge on any atom is -0.359 e. The van der Waals surface area contributed by atoms with Crippen LogP contribution < -0.4 is 0 Å². The van der Waals surface area contributed by atoms with Crippen molar-refractivity contribution in [2.45, 2.75) is 0 Å². The third kappa shape index (κ3) is 1.42. The highest BCUT2D eigenvalue weighted by atomic mass is 14.9. The molecule has 0 saturated heterocycles. The third-order valence-corrected chi connectivity index (χ3v) is 2.50. The van der Waals surface area contributed by atoms with Gasteiger partial charge in [0.1, 0.15) is 5.82 Å². The lowest BCUT2D eigenvalue weighted by Gasteiger charge is -2.00. The minimum absolute atomic E-state index is 0.858. The molecule has 0 spiro atoms. The third-order valence-electron chi connectivity index (χ3n) is 2.50. The van der Waals surface area contributed by atoms with Crippen LogP contribution in [0.3, 0.4) is 0 Å². The van der Waals surface area contributed by atoms with Gasteiger partial charge in [0.15, 0.2) is 0 Å². The molecule has 0 amide bonds. The lowest BCUT2D eigenvalue weighted by molar-refractivity contribution is 1.31. The summed E-state index contributed by atoms with van der Waals surface area (Å²) < 4.78 is 0. The SMILES string of the molecule is [c]1[nH]cc(-c2ncc[nH]2)c1-c1ccccc1. The van der Waals surface area contributed by atoms with E-state index in [1.54, 1.807) is 6.20 Å². The lowest BCUT2D eigenvalue weighted by atomic mass is 10.0. The number of nitrogens with zero attached hydrogens (tertiary/aromatic N) is 1. The zero-order valence-electron chi connectivity index (χ0n) is 8.57. The molecule has 0 saturated carbocycles. The van der Waals surface area contributed by atoms with Crippen molar-refractivity contribution >= 4 is 0 Å². The largest absolute Gasteiger partial charge is 0.359 e. The molecule has 2 aromatic heterocycles. The van der Waals surface area contributed by atoms with Crippen molar-refractivity contribution in [2.24, 2.45) is 0 Å². The number of aromatic nitrogens is 3. The fourth-order valence-electron chi connectivity index (χ4n) is 1.75. The summed E-state index contributed by atoms with van der Waals surface area (Å²) in [4.78, 5) is 10.3. The highest BCUT2D eigenvalue weighted by Gasteiger charge is 2.09. The van der Waals surface area contributed by atoms with Gasteiger partial charge < -0.3 is 9.97 Å². The number of H-pyrrole nitrogens is 2. The maximum absolute atomic E-state index is 4.25. The Kier molecular flexibility index (Phi) is 2.07. The average molecular weight is 208 g/mol. The molecule has 0 bridgehead atoms. The van der Waals surface area contributed by atoms with Crippen molar-refractivity contribution in [1.82, 2.24) is 15.0 Å². The normalized spacial score (nSPS) is 10.5. The zero-order chi connectivity index (χ0) is 10.8. The van der Waals surface area contributed by atoms with E-state index in [0.717, 1.165) is 22.5 Å². The molecule has 0 unspecified atom stereocenters. The first-order chi connectivity index (χ1) is 7.95. The van der Waals surface area contributed by atoms with Crippen molar-refractivity contribution in [3.05, 3.63) is 55.1 Å². The molecule has 16 heavy (non-hydrogen) atoms. The molecule has 2 N–H and O–H groups in total. The van der Waals surface area contributed by atoms with E-state index >= 15 is 0 Å². The molecular formula is C13H10N3. The maximum Gasteiger partial charge on any atom is 0.139 e. The molecule has 1 aromatic carbocycles. The van der Waals surface area contributed by atoms with Gasteiger partial charge in [0, 0.05) is 29.7 Å². The molecule has 0 atom stereocenters.